The molecule has 0 fully saturated rings. The van der Waals surface area contributed by atoms with Crippen molar-refractivity contribution in [3.05, 3.63) is 27.7 Å². The van der Waals surface area contributed by atoms with E-state index >= 15 is 0 Å². The van der Waals surface area contributed by atoms with Crippen LogP contribution >= 0.6 is 27.5 Å². The first-order chi connectivity index (χ1) is 5.22. The largest absolute Gasteiger partial charge is 0.494 e. The van der Waals surface area contributed by atoms with Crippen LogP contribution in [0.1, 0.15) is 6.92 Å². The zero-order chi connectivity index (χ0) is 8.27. The lowest BCUT2D eigenvalue weighted by molar-refractivity contribution is 0.340. The monoisotopic (exact) mass is 234 g/mol. The van der Waals surface area contributed by atoms with E-state index in [4.69, 9.17) is 16.3 Å². The van der Waals surface area contributed by atoms with Crippen molar-refractivity contribution in [3.8, 4) is 5.75 Å². The summed E-state index contributed by atoms with van der Waals surface area (Å²) >= 11 is 9.09. The average molecular weight is 236 g/mol. The lowest BCUT2D eigenvalue weighted by Gasteiger charge is -2.03. The highest BCUT2D eigenvalue weighted by Gasteiger charge is 1.96. The third-order valence-corrected chi connectivity index (χ3v) is 1.82. The van der Waals surface area contributed by atoms with Crippen LogP contribution in [-0.4, -0.2) is 6.61 Å². The van der Waals surface area contributed by atoms with E-state index in [-0.39, 0.29) is 0 Å². The molecule has 0 spiro atoms. The molecule has 0 heterocycles. The first kappa shape index (κ1) is 8.88. The van der Waals surface area contributed by atoms with Crippen LogP contribution in [0.15, 0.2) is 22.7 Å². The van der Waals surface area contributed by atoms with Crippen LogP contribution in [0.5, 0.6) is 5.75 Å². The van der Waals surface area contributed by atoms with Gasteiger partial charge in [-0.05, 0) is 25.1 Å². The van der Waals surface area contributed by atoms with Crippen LogP contribution in [0, 0.1) is 0 Å². The zero-order valence-electron chi connectivity index (χ0n) is 6.10. The Hall–Kier alpha value is -0.210. The Morgan fingerprint density at radius 2 is 2.18 bits per heavy atom. The standard InChI is InChI=1S/C8H8BrClO/c1-2-11-8-4-6(9)3-7(10)5-8/h3-5H,2H2,1H3. The van der Waals surface area contributed by atoms with E-state index < -0.39 is 0 Å². The predicted molar refractivity (Wildman–Crippen MR) is 50.3 cm³/mol. The normalized spacial score (nSPS) is 9.73. The van der Waals surface area contributed by atoms with Gasteiger partial charge in [-0.25, -0.2) is 0 Å². The molecule has 0 bridgehead atoms. The van der Waals surface area contributed by atoms with Gasteiger partial charge < -0.3 is 4.74 Å². The van der Waals surface area contributed by atoms with Gasteiger partial charge in [-0.3, -0.25) is 0 Å². The second kappa shape index (κ2) is 3.98. The third-order valence-electron chi connectivity index (χ3n) is 1.15. The SMILES string of the molecule is CCOc1cc(Cl)cc(Br)c1. The Kier molecular flexibility index (Phi) is 3.21. The highest BCUT2D eigenvalue weighted by atomic mass is 79.9. The number of rotatable bonds is 2. The van der Waals surface area contributed by atoms with E-state index in [9.17, 15) is 0 Å². The van der Waals surface area contributed by atoms with Crippen LogP contribution in [0.2, 0.25) is 5.02 Å². The maximum Gasteiger partial charge on any atom is 0.121 e. The van der Waals surface area contributed by atoms with E-state index in [1.807, 2.05) is 19.1 Å². The van der Waals surface area contributed by atoms with Gasteiger partial charge in [-0.1, -0.05) is 27.5 Å². The summed E-state index contributed by atoms with van der Waals surface area (Å²) in [6, 6.07) is 5.50. The molecule has 0 atom stereocenters. The summed E-state index contributed by atoms with van der Waals surface area (Å²) in [6.07, 6.45) is 0. The minimum absolute atomic E-state index is 0.660. The number of ether oxygens (including phenoxy) is 1. The minimum atomic E-state index is 0.660. The predicted octanol–water partition coefficient (Wildman–Crippen LogP) is 3.50. The Balaban J connectivity index is 2.89. The molecule has 11 heavy (non-hydrogen) atoms. The highest BCUT2D eigenvalue weighted by Crippen LogP contribution is 2.24. The van der Waals surface area contributed by atoms with E-state index in [2.05, 4.69) is 15.9 Å². The molecule has 60 valence electrons. The summed E-state index contributed by atoms with van der Waals surface area (Å²) in [7, 11) is 0. The second-order valence-corrected chi connectivity index (χ2v) is 3.39. The first-order valence-corrected chi connectivity index (χ1v) is 4.48. The van der Waals surface area contributed by atoms with E-state index in [0.717, 1.165) is 10.2 Å². The van der Waals surface area contributed by atoms with Gasteiger partial charge in [0.25, 0.3) is 0 Å². The molecule has 0 saturated carbocycles. The molecule has 0 aromatic heterocycles. The molecule has 1 nitrogen and oxygen atoms in total. The van der Waals surface area contributed by atoms with E-state index in [1.54, 1.807) is 6.07 Å². The molecule has 1 rings (SSSR count). The summed E-state index contributed by atoms with van der Waals surface area (Å²) in [4.78, 5) is 0. The number of hydrogen-bond acceptors (Lipinski definition) is 1. The molecular weight excluding hydrogens is 227 g/mol. The van der Waals surface area contributed by atoms with E-state index in [0.29, 0.717) is 11.6 Å². The summed E-state index contributed by atoms with van der Waals surface area (Å²) in [6.45, 7) is 2.60. The van der Waals surface area contributed by atoms with Crippen LogP contribution in [-0.2, 0) is 0 Å². The molecule has 0 N–H and O–H groups in total. The summed E-state index contributed by atoms with van der Waals surface area (Å²) in [5.41, 5.74) is 0. The Morgan fingerprint density at radius 3 is 2.73 bits per heavy atom. The average Bonchev–Trinajstić information content (AvgIpc) is 1.85. The molecule has 3 heteroatoms. The van der Waals surface area contributed by atoms with Crippen LogP contribution in [0.4, 0.5) is 0 Å². The highest BCUT2D eigenvalue weighted by molar-refractivity contribution is 9.10. The summed E-state index contributed by atoms with van der Waals surface area (Å²) in [5, 5.41) is 0.683. The number of hydrogen-bond donors (Lipinski definition) is 0. The Bertz CT molecular complexity index is 230. The van der Waals surface area contributed by atoms with Gasteiger partial charge in [0.2, 0.25) is 0 Å². The molecule has 0 aliphatic heterocycles. The van der Waals surface area contributed by atoms with Crippen LogP contribution < -0.4 is 4.74 Å². The van der Waals surface area contributed by atoms with Gasteiger partial charge in [-0.15, -0.1) is 0 Å². The number of halogens is 2. The van der Waals surface area contributed by atoms with Crippen molar-refractivity contribution >= 4 is 27.5 Å². The summed E-state index contributed by atoms with van der Waals surface area (Å²) in [5.74, 6) is 0.798. The zero-order valence-corrected chi connectivity index (χ0v) is 8.45. The van der Waals surface area contributed by atoms with Crippen molar-refractivity contribution in [3.63, 3.8) is 0 Å². The molecular formula is C8H8BrClO. The van der Waals surface area contributed by atoms with Crippen LogP contribution in [0.25, 0.3) is 0 Å². The topological polar surface area (TPSA) is 9.23 Å². The van der Waals surface area contributed by atoms with E-state index in [1.165, 1.54) is 0 Å². The molecule has 0 unspecified atom stereocenters. The van der Waals surface area contributed by atoms with Gasteiger partial charge in [0.05, 0.1) is 6.61 Å². The second-order valence-electron chi connectivity index (χ2n) is 2.04. The molecule has 0 aliphatic rings. The van der Waals surface area contributed by atoms with Gasteiger partial charge in [0.15, 0.2) is 0 Å². The smallest absolute Gasteiger partial charge is 0.121 e. The minimum Gasteiger partial charge on any atom is -0.494 e. The Labute approximate surface area is 79.4 Å². The fourth-order valence-corrected chi connectivity index (χ4v) is 1.61. The van der Waals surface area contributed by atoms with Gasteiger partial charge >= 0.3 is 0 Å². The fraction of sp³-hybridized carbons (Fsp3) is 0.250. The molecule has 0 amide bonds. The van der Waals surface area contributed by atoms with Crippen molar-refractivity contribution in [1.82, 2.24) is 0 Å². The maximum atomic E-state index is 5.78. The lowest BCUT2D eigenvalue weighted by atomic mass is 10.3. The van der Waals surface area contributed by atoms with Crippen molar-refractivity contribution < 1.29 is 4.74 Å². The number of benzene rings is 1. The Morgan fingerprint density at radius 1 is 1.45 bits per heavy atom. The third kappa shape index (κ3) is 2.72. The van der Waals surface area contributed by atoms with Crippen molar-refractivity contribution in [1.29, 1.82) is 0 Å². The molecule has 1 aromatic rings. The van der Waals surface area contributed by atoms with Crippen LogP contribution in [0.3, 0.4) is 0 Å². The van der Waals surface area contributed by atoms with Gasteiger partial charge in [0.1, 0.15) is 5.75 Å². The van der Waals surface area contributed by atoms with Gasteiger partial charge in [-0.2, -0.15) is 0 Å². The first-order valence-electron chi connectivity index (χ1n) is 3.31. The van der Waals surface area contributed by atoms with Crippen molar-refractivity contribution in [2.45, 2.75) is 6.92 Å². The lowest BCUT2D eigenvalue weighted by Crippen LogP contribution is -1.90. The molecule has 1 aromatic carbocycles. The molecule has 0 radical (unpaired) electrons. The van der Waals surface area contributed by atoms with Crippen molar-refractivity contribution in [2.24, 2.45) is 0 Å². The quantitative estimate of drug-likeness (QED) is 0.762. The van der Waals surface area contributed by atoms with Gasteiger partial charge in [0, 0.05) is 9.50 Å². The van der Waals surface area contributed by atoms with Crippen molar-refractivity contribution in [2.75, 3.05) is 6.61 Å². The molecule has 0 aliphatic carbocycles. The maximum absolute atomic E-state index is 5.78. The fourth-order valence-electron chi connectivity index (χ4n) is 0.779. The summed E-state index contributed by atoms with van der Waals surface area (Å²) < 4.78 is 6.19. The molecule has 0 saturated heterocycles.